The second kappa shape index (κ2) is 7.95. The summed E-state index contributed by atoms with van der Waals surface area (Å²) in [5.41, 5.74) is 2.33. The van der Waals surface area contributed by atoms with Gasteiger partial charge in [0.15, 0.2) is 0 Å². The zero-order valence-electron chi connectivity index (χ0n) is 16.0. The molecule has 1 aromatic heterocycles. The first-order chi connectivity index (χ1) is 12.8. The molecule has 1 aliphatic heterocycles. The zero-order chi connectivity index (χ0) is 19.6. The molecule has 1 unspecified atom stereocenters. The van der Waals surface area contributed by atoms with E-state index < -0.39 is 10.2 Å². The number of carbonyl (C=O) groups is 1. The largest absolute Gasteiger partial charge is 0.342 e. The Hall–Kier alpha value is -1.97. The number of hydrogen-bond acceptors (Lipinski definition) is 4. The van der Waals surface area contributed by atoms with E-state index in [9.17, 15) is 13.2 Å². The molecule has 148 valence electrons. The van der Waals surface area contributed by atoms with Gasteiger partial charge in [-0.15, -0.1) is 0 Å². The van der Waals surface area contributed by atoms with E-state index in [1.165, 1.54) is 14.1 Å². The van der Waals surface area contributed by atoms with Crippen molar-refractivity contribution < 1.29 is 13.2 Å². The van der Waals surface area contributed by atoms with Gasteiger partial charge in [-0.05, 0) is 50.8 Å². The molecule has 0 bridgehead atoms. The number of H-pyrrole nitrogens is 1. The van der Waals surface area contributed by atoms with Crippen molar-refractivity contribution in [3.63, 3.8) is 0 Å². The first kappa shape index (κ1) is 19.8. The molecule has 2 aromatic rings. The molecule has 0 saturated carbocycles. The lowest BCUT2D eigenvalue weighted by atomic mass is 9.98. The maximum absolute atomic E-state index is 13.1. The first-order valence-corrected chi connectivity index (χ1v) is 10.7. The van der Waals surface area contributed by atoms with Crippen LogP contribution in [0.5, 0.6) is 0 Å². The summed E-state index contributed by atoms with van der Waals surface area (Å²) in [6.07, 6.45) is 3.51. The normalized spacial score (nSPS) is 18.4. The topological polar surface area (TPSA) is 98.4 Å². The van der Waals surface area contributed by atoms with Crippen molar-refractivity contribution in [1.82, 2.24) is 23.9 Å². The maximum Gasteiger partial charge on any atom is 0.278 e. The van der Waals surface area contributed by atoms with Crippen LogP contribution in [0.15, 0.2) is 18.2 Å². The molecule has 1 aromatic carbocycles. The molecular weight excluding hydrogens is 366 g/mol. The summed E-state index contributed by atoms with van der Waals surface area (Å²) in [5.74, 6) is 0.808. The van der Waals surface area contributed by atoms with Gasteiger partial charge in [0.1, 0.15) is 5.82 Å². The van der Waals surface area contributed by atoms with Gasteiger partial charge in [-0.25, -0.2) is 9.71 Å². The second-order valence-corrected chi connectivity index (χ2v) is 9.14. The summed E-state index contributed by atoms with van der Waals surface area (Å²) < 4.78 is 27.5. The number of piperidine rings is 1. The second-order valence-electron chi connectivity index (χ2n) is 7.17. The van der Waals surface area contributed by atoms with Crippen molar-refractivity contribution in [2.24, 2.45) is 0 Å². The molecule has 9 heteroatoms. The molecule has 27 heavy (non-hydrogen) atoms. The molecule has 2 heterocycles. The Morgan fingerprint density at radius 1 is 1.37 bits per heavy atom. The lowest BCUT2D eigenvalue weighted by Gasteiger charge is -2.36. The van der Waals surface area contributed by atoms with Crippen LogP contribution in [-0.2, 0) is 10.2 Å². The molecule has 2 N–H and O–H groups in total. The molecule has 8 nitrogen and oxygen atoms in total. The SMILES string of the molecule is Cc1nc2ccc(C(=O)N3CCCCC3CCNS(=O)(=O)N(C)C)cc2[nH]1. The number of nitrogens with zero attached hydrogens (tertiary/aromatic N) is 3. The number of hydrogen-bond donors (Lipinski definition) is 2. The van der Waals surface area contributed by atoms with Gasteiger partial charge in [-0.1, -0.05) is 0 Å². The number of aryl methyl sites for hydroxylation is 1. The van der Waals surface area contributed by atoms with E-state index in [0.717, 1.165) is 40.4 Å². The van der Waals surface area contributed by atoms with Crippen LogP contribution in [0.2, 0.25) is 0 Å². The summed E-state index contributed by atoms with van der Waals surface area (Å²) in [4.78, 5) is 22.5. The number of rotatable bonds is 6. The maximum atomic E-state index is 13.1. The van der Waals surface area contributed by atoms with Crippen LogP contribution < -0.4 is 4.72 Å². The van der Waals surface area contributed by atoms with Crippen LogP contribution >= 0.6 is 0 Å². The van der Waals surface area contributed by atoms with E-state index in [1.807, 2.05) is 30.0 Å². The fourth-order valence-corrected chi connectivity index (χ4v) is 4.12. The Kier molecular flexibility index (Phi) is 5.83. The van der Waals surface area contributed by atoms with Crippen molar-refractivity contribution in [3.05, 3.63) is 29.6 Å². The van der Waals surface area contributed by atoms with Crippen LogP contribution in [0.4, 0.5) is 0 Å². The minimum atomic E-state index is -3.44. The predicted octanol–water partition coefficient (Wildman–Crippen LogP) is 1.65. The van der Waals surface area contributed by atoms with Gasteiger partial charge in [0.05, 0.1) is 11.0 Å². The van der Waals surface area contributed by atoms with Gasteiger partial charge in [-0.2, -0.15) is 12.7 Å². The predicted molar refractivity (Wildman–Crippen MR) is 105 cm³/mol. The van der Waals surface area contributed by atoms with Crippen LogP contribution in [0.25, 0.3) is 11.0 Å². The van der Waals surface area contributed by atoms with Gasteiger partial charge in [-0.3, -0.25) is 4.79 Å². The van der Waals surface area contributed by atoms with E-state index in [1.54, 1.807) is 0 Å². The summed E-state index contributed by atoms with van der Waals surface area (Å²) in [5, 5.41) is 0. The minimum absolute atomic E-state index is 0.00989. The highest BCUT2D eigenvalue weighted by atomic mass is 32.2. The molecular formula is C18H27N5O3S. The Bertz CT molecular complexity index is 922. The summed E-state index contributed by atoms with van der Waals surface area (Å²) >= 11 is 0. The minimum Gasteiger partial charge on any atom is -0.342 e. The fraction of sp³-hybridized carbons (Fsp3) is 0.556. The quantitative estimate of drug-likeness (QED) is 0.780. The van der Waals surface area contributed by atoms with Gasteiger partial charge < -0.3 is 9.88 Å². The van der Waals surface area contributed by atoms with E-state index in [0.29, 0.717) is 25.1 Å². The molecule has 0 radical (unpaired) electrons. The molecule has 1 saturated heterocycles. The molecule has 3 rings (SSSR count). The Morgan fingerprint density at radius 3 is 2.89 bits per heavy atom. The standard InChI is InChI=1S/C18H27N5O3S/c1-13-20-16-8-7-14(12-17(16)21-13)18(24)23-11-5-4-6-15(23)9-10-19-27(25,26)22(2)3/h7-8,12,15,19H,4-6,9-11H2,1-3H3,(H,20,21). The van der Waals surface area contributed by atoms with Crippen molar-refractivity contribution in [2.75, 3.05) is 27.2 Å². The lowest BCUT2D eigenvalue weighted by Crippen LogP contribution is -2.46. The molecule has 0 spiro atoms. The first-order valence-electron chi connectivity index (χ1n) is 9.22. The number of amides is 1. The van der Waals surface area contributed by atoms with Crippen LogP contribution in [-0.4, -0.2) is 66.7 Å². The average Bonchev–Trinajstić information content (AvgIpc) is 3.00. The monoisotopic (exact) mass is 393 g/mol. The van der Waals surface area contributed by atoms with Gasteiger partial charge in [0.2, 0.25) is 0 Å². The molecule has 0 aliphatic carbocycles. The number of likely N-dealkylation sites (tertiary alicyclic amines) is 1. The average molecular weight is 394 g/mol. The van der Waals surface area contributed by atoms with E-state index in [-0.39, 0.29) is 11.9 Å². The van der Waals surface area contributed by atoms with Gasteiger partial charge >= 0.3 is 0 Å². The molecule has 1 aliphatic rings. The lowest BCUT2D eigenvalue weighted by molar-refractivity contribution is 0.0604. The van der Waals surface area contributed by atoms with Crippen LogP contribution in [0.3, 0.4) is 0 Å². The molecule has 1 fully saturated rings. The Balaban J connectivity index is 1.70. The highest BCUT2D eigenvalue weighted by Crippen LogP contribution is 2.23. The summed E-state index contributed by atoms with van der Waals surface area (Å²) in [6.45, 7) is 2.90. The number of fused-ring (bicyclic) bond motifs is 1. The highest BCUT2D eigenvalue weighted by Gasteiger charge is 2.28. The van der Waals surface area contributed by atoms with E-state index >= 15 is 0 Å². The molecule has 1 amide bonds. The smallest absolute Gasteiger partial charge is 0.278 e. The van der Waals surface area contributed by atoms with Crippen molar-refractivity contribution in [3.8, 4) is 0 Å². The van der Waals surface area contributed by atoms with Crippen LogP contribution in [0, 0.1) is 6.92 Å². The van der Waals surface area contributed by atoms with Crippen LogP contribution in [0.1, 0.15) is 41.9 Å². The third kappa shape index (κ3) is 4.48. The fourth-order valence-electron chi connectivity index (χ4n) is 3.49. The Labute approximate surface area is 160 Å². The summed E-state index contributed by atoms with van der Waals surface area (Å²) in [6, 6.07) is 5.55. The van der Waals surface area contributed by atoms with Crippen molar-refractivity contribution in [1.29, 1.82) is 0 Å². The zero-order valence-corrected chi connectivity index (χ0v) is 16.8. The number of imidazole rings is 1. The van der Waals surface area contributed by atoms with Gasteiger partial charge in [0, 0.05) is 38.8 Å². The number of benzene rings is 1. The number of aromatic nitrogens is 2. The van der Waals surface area contributed by atoms with Crippen molar-refractivity contribution >= 4 is 27.1 Å². The number of carbonyl (C=O) groups excluding carboxylic acids is 1. The third-order valence-electron chi connectivity index (χ3n) is 4.98. The number of aromatic amines is 1. The highest BCUT2D eigenvalue weighted by molar-refractivity contribution is 7.87. The summed E-state index contributed by atoms with van der Waals surface area (Å²) in [7, 11) is -0.458. The number of nitrogens with one attached hydrogen (secondary N) is 2. The third-order valence-corrected chi connectivity index (χ3v) is 6.51. The van der Waals surface area contributed by atoms with E-state index in [4.69, 9.17) is 0 Å². The molecule has 1 atom stereocenters. The Morgan fingerprint density at radius 2 is 2.15 bits per heavy atom. The van der Waals surface area contributed by atoms with Gasteiger partial charge in [0.25, 0.3) is 16.1 Å². The van der Waals surface area contributed by atoms with E-state index in [2.05, 4.69) is 14.7 Å². The van der Waals surface area contributed by atoms with Crippen molar-refractivity contribution in [2.45, 2.75) is 38.6 Å².